The summed E-state index contributed by atoms with van der Waals surface area (Å²) in [5, 5.41) is 10.7. The molecule has 0 saturated heterocycles. The lowest BCUT2D eigenvalue weighted by Gasteiger charge is -2.27. The van der Waals surface area contributed by atoms with Gasteiger partial charge in [-0.05, 0) is 36.5 Å². The normalized spacial score (nSPS) is 22.1. The summed E-state index contributed by atoms with van der Waals surface area (Å²) in [5.41, 5.74) is 5.70. The van der Waals surface area contributed by atoms with Gasteiger partial charge in [-0.25, -0.2) is 0 Å². The first kappa shape index (κ1) is 11.8. The fourth-order valence-corrected chi connectivity index (χ4v) is 2.51. The van der Waals surface area contributed by atoms with E-state index in [9.17, 15) is 5.11 Å². The fourth-order valence-electron chi connectivity index (χ4n) is 2.51. The Hall–Kier alpha value is -1.26. The molecule has 1 fully saturated rings. The maximum atomic E-state index is 10.7. The molecular weight excluding hydrogens is 230 g/mol. The van der Waals surface area contributed by atoms with Crippen LogP contribution in [0.5, 0.6) is 11.5 Å². The molecule has 1 aromatic rings. The number of fused-ring (bicyclic) bond motifs is 1. The SMILES string of the molecule is NCC(O)(c1ccc2c(c1)OCCCO2)C1CC1. The van der Waals surface area contributed by atoms with Crippen molar-refractivity contribution in [2.75, 3.05) is 19.8 Å². The summed E-state index contributed by atoms with van der Waals surface area (Å²) in [7, 11) is 0. The molecule has 1 saturated carbocycles. The monoisotopic (exact) mass is 249 g/mol. The lowest BCUT2D eigenvalue weighted by atomic mass is 9.88. The van der Waals surface area contributed by atoms with Crippen molar-refractivity contribution < 1.29 is 14.6 Å². The standard InChI is InChI=1S/C14H19NO3/c15-9-14(16,10-2-3-10)11-4-5-12-13(8-11)18-7-1-6-17-12/h4-5,8,10,16H,1-3,6-7,9,15H2. The molecule has 98 valence electrons. The number of aliphatic hydroxyl groups is 1. The highest BCUT2D eigenvalue weighted by Crippen LogP contribution is 2.46. The minimum absolute atomic E-state index is 0.247. The van der Waals surface area contributed by atoms with Crippen LogP contribution in [0.3, 0.4) is 0 Å². The third kappa shape index (κ3) is 1.95. The minimum atomic E-state index is -0.912. The summed E-state index contributed by atoms with van der Waals surface area (Å²) >= 11 is 0. The molecule has 18 heavy (non-hydrogen) atoms. The molecule has 0 amide bonds. The first-order chi connectivity index (χ1) is 8.74. The second-order valence-electron chi connectivity index (χ2n) is 5.11. The highest BCUT2D eigenvalue weighted by molar-refractivity contribution is 5.45. The van der Waals surface area contributed by atoms with E-state index in [-0.39, 0.29) is 12.5 Å². The van der Waals surface area contributed by atoms with Crippen LogP contribution in [0.4, 0.5) is 0 Å². The third-order valence-corrected chi connectivity index (χ3v) is 3.81. The predicted octanol–water partition coefficient (Wildman–Crippen LogP) is 1.40. The molecular formula is C14H19NO3. The van der Waals surface area contributed by atoms with Crippen molar-refractivity contribution in [1.29, 1.82) is 0 Å². The van der Waals surface area contributed by atoms with Gasteiger partial charge in [0.25, 0.3) is 0 Å². The van der Waals surface area contributed by atoms with Gasteiger partial charge in [-0.2, -0.15) is 0 Å². The zero-order chi connectivity index (χ0) is 12.6. The Bertz CT molecular complexity index is 445. The molecule has 3 N–H and O–H groups in total. The Labute approximate surface area is 107 Å². The second-order valence-corrected chi connectivity index (χ2v) is 5.11. The van der Waals surface area contributed by atoms with Crippen LogP contribution in [0.1, 0.15) is 24.8 Å². The molecule has 1 unspecified atom stereocenters. The van der Waals surface area contributed by atoms with Gasteiger partial charge < -0.3 is 20.3 Å². The van der Waals surface area contributed by atoms with Crippen LogP contribution >= 0.6 is 0 Å². The Kier molecular flexibility index (Phi) is 2.92. The summed E-state index contributed by atoms with van der Waals surface area (Å²) in [6, 6.07) is 5.66. The summed E-state index contributed by atoms with van der Waals surface area (Å²) < 4.78 is 11.2. The van der Waals surface area contributed by atoms with Crippen molar-refractivity contribution in [3.8, 4) is 11.5 Å². The largest absolute Gasteiger partial charge is 0.490 e. The van der Waals surface area contributed by atoms with Gasteiger partial charge in [-0.3, -0.25) is 0 Å². The van der Waals surface area contributed by atoms with Crippen molar-refractivity contribution in [2.45, 2.75) is 24.9 Å². The van der Waals surface area contributed by atoms with Gasteiger partial charge >= 0.3 is 0 Å². The van der Waals surface area contributed by atoms with Gasteiger partial charge in [-0.15, -0.1) is 0 Å². The number of nitrogens with two attached hydrogens (primary N) is 1. The summed E-state index contributed by atoms with van der Waals surface area (Å²) in [5.74, 6) is 1.76. The van der Waals surface area contributed by atoms with Crippen LogP contribution in [-0.4, -0.2) is 24.9 Å². The second kappa shape index (κ2) is 4.44. The van der Waals surface area contributed by atoms with Crippen LogP contribution in [0.15, 0.2) is 18.2 Å². The van der Waals surface area contributed by atoms with Gasteiger partial charge in [-0.1, -0.05) is 6.07 Å². The van der Waals surface area contributed by atoms with Crippen molar-refractivity contribution >= 4 is 0 Å². The Morgan fingerprint density at radius 2 is 1.94 bits per heavy atom. The van der Waals surface area contributed by atoms with Gasteiger partial charge in [0, 0.05) is 13.0 Å². The van der Waals surface area contributed by atoms with Crippen LogP contribution in [-0.2, 0) is 5.60 Å². The number of hydrogen-bond donors (Lipinski definition) is 2. The maximum Gasteiger partial charge on any atom is 0.161 e. The summed E-state index contributed by atoms with van der Waals surface area (Å²) in [4.78, 5) is 0. The molecule has 1 aliphatic carbocycles. The van der Waals surface area contributed by atoms with Crippen LogP contribution in [0, 0.1) is 5.92 Å². The number of hydrogen-bond acceptors (Lipinski definition) is 4. The van der Waals surface area contributed by atoms with E-state index in [2.05, 4.69) is 0 Å². The van der Waals surface area contributed by atoms with Gasteiger partial charge in [0.15, 0.2) is 11.5 Å². The molecule has 3 rings (SSSR count). The quantitative estimate of drug-likeness (QED) is 0.850. The Morgan fingerprint density at radius 3 is 2.61 bits per heavy atom. The van der Waals surface area contributed by atoms with E-state index >= 15 is 0 Å². The molecule has 2 aliphatic rings. The molecule has 1 atom stereocenters. The van der Waals surface area contributed by atoms with Crippen LogP contribution in [0.2, 0.25) is 0 Å². The van der Waals surface area contributed by atoms with Crippen molar-refractivity contribution in [3.05, 3.63) is 23.8 Å². The smallest absolute Gasteiger partial charge is 0.161 e. The average Bonchev–Trinajstić information content (AvgIpc) is 3.23. The Balaban J connectivity index is 1.95. The van der Waals surface area contributed by atoms with E-state index in [0.29, 0.717) is 13.2 Å². The lowest BCUT2D eigenvalue weighted by Crippen LogP contribution is -2.37. The number of benzene rings is 1. The van der Waals surface area contributed by atoms with Gasteiger partial charge in [0.2, 0.25) is 0 Å². The first-order valence-electron chi connectivity index (χ1n) is 6.56. The molecule has 4 nitrogen and oxygen atoms in total. The number of ether oxygens (including phenoxy) is 2. The van der Waals surface area contributed by atoms with E-state index in [1.807, 2.05) is 18.2 Å². The molecule has 1 heterocycles. The van der Waals surface area contributed by atoms with E-state index < -0.39 is 5.60 Å². The third-order valence-electron chi connectivity index (χ3n) is 3.81. The van der Waals surface area contributed by atoms with E-state index in [1.54, 1.807) is 0 Å². The molecule has 0 bridgehead atoms. The van der Waals surface area contributed by atoms with Crippen molar-refractivity contribution in [1.82, 2.24) is 0 Å². The Morgan fingerprint density at radius 1 is 1.22 bits per heavy atom. The van der Waals surface area contributed by atoms with E-state index in [1.165, 1.54) is 0 Å². The minimum Gasteiger partial charge on any atom is -0.490 e. The molecule has 0 radical (unpaired) electrons. The maximum absolute atomic E-state index is 10.7. The van der Waals surface area contributed by atoms with Crippen molar-refractivity contribution in [3.63, 3.8) is 0 Å². The van der Waals surface area contributed by atoms with Crippen molar-refractivity contribution in [2.24, 2.45) is 11.7 Å². The molecule has 0 aromatic heterocycles. The van der Waals surface area contributed by atoms with E-state index in [4.69, 9.17) is 15.2 Å². The van der Waals surface area contributed by atoms with Gasteiger partial charge in [0.1, 0.15) is 5.60 Å². The predicted molar refractivity (Wildman–Crippen MR) is 67.7 cm³/mol. The first-order valence-corrected chi connectivity index (χ1v) is 6.56. The topological polar surface area (TPSA) is 64.7 Å². The zero-order valence-corrected chi connectivity index (χ0v) is 10.4. The molecule has 0 spiro atoms. The average molecular weight is 249 g/mol. The number of rotatable bonds is 3. The van der Waals surface area contributed by atoms with E-state index in [0.717, 1.165) is 36.3 Å². The zero-order valence-electron chi connectivity index (χ0n) is 10.4. The van der Waals surface area contributed by atoms with Gasteiger partial charge in [0.05, 0.1) is 13.2 Å². The summed E-state index contributed by atoms with van der Waals surface area (Å²) in [6.45, 7) is 1.58. The molecule has 1 aromatic carbocycles. The lowest BCUT2D eigenvalue weighted by molar-refractivity contribution is 0.0220. The van der Waals surface area contributed by atoms with Crippen LogP contribution in [0.25, 0.3) is 0 Å². The summed E-state index contributed by atoms with van der Waals surface area (Å²) in [6.07, 6.45) is 2.97. The fraction of sp³-hybridized carbons (Fsp3) is 0.571. The highest BCUT2D eigenvalue weighted by atomic mass is 16.5. The van der Waals surface area contributed by atoms with Crippen LogP contribution < -0.4 is 15.2 Å². The molecule has 1 aliphatic heterocycles. The highest BCUT2D eigenvalue weighted by Gasteiger charge is 2.44. The molecule has 4 heteroatoms.